The van der Waals surface area contributed by atoms with E-state index in [1.807, 2.05) is 0 Å². The summed E-state index contributed by atoms with van der Waals surface area (Å²) in [4.78, 5) is 30.0. The first-order valence-electron chi connectivity index (χ1n) is 7.47. The van der Waals surface area contributed by atoms with Gasteiger partial charge in [0.05, 0.1) is 18.6 Å². The fraction of sp³-hybridized carbons (Fsp3) is 0.562. The van der Waals surface area contributed by atoms with E-state index < -0.39 is 0 Å². The van der Waals surface area contributed by atoms with E-state index in [4.69, 9.17) is 4.74 Å². The number of carbonyl (C=O) groups excluding carboxylic acids is 2. The van der Waals surface area contributed by atoms with E-state index in [1.54, 1.807) is 30.3 Å². The summed E-state index contributed by atoms with van der Waals surface area (Å²) in [6.07, 6.45) is 6.22. The second kappa shape index (κ2) is 9.56. The lowest BCUT2D eigenvalue weighted by Crippen LogP contribution is -2.38. The molecule has 22 heavy (non-hydrogen) atoms. The molecular weight excluding hydrogens is 348 g/mol. The number of halogens is 1. The van der Waals surface area contributed by atoms with Crippen molar-refractivity contribution >= 4 is 27.8 Å². The maximum absolute atomic E-state index is 12.7. The zero-order chi connectivity index (χ0) is 16.5. The molecular formula is C16H23BrN2O3. The number of amides is 1. The summed E-state index contributed by atoms with van der Waals surface area (Å²) in [5, 5.41) is 0. The van der Waals surface area contributed by atoms with Crippen LogP contribution in [0.25, 0.3) is 0 Å². The highest BCUT2D eigenvalue weighted by molar-refractivity contribution is 9.10. The Morgan fingerprint density at radius 1 is 1.36 bits per heavy atom. The van der Waals surface area contributed by atoms with Gasteiger partial charge in [0.25, 0.3) is 5.91 Å². The third-order valence-electron chi connectivity index (χ3n) is 3.37. The van der Waals surface area contributed by atoms with Gasteiger partial charge in [-0.1, -0.05) is 26.7 Å². The highest BCUT2D eigenvalue weighted by atomic mass is 79.9. The third-order valence-corrected chi connectivity index (χ3v) is 3.80. The Morgan fingerprint density at radius 3 is 2.68 bits per heavy atom. The zero-order valence-electron chi connectivity index (χ0n) is 13.3. The Kier molecular flexibility index (Phi) is 8.09. The number of esters is 1. The van der Waals surface area contributed by atoms with Gasteiger partial charge in [-0.2, -0.15) is 0 Å². The molecule has 0 bridgehead atoms. The molecule has 0 fully saturated rings. The summed E-state index contributed by atoms with van der Waals surface area (Å²) in [7, 11) is 1.36. The first-order chi connectivity index (χ1) is 10.5. The number of aromatic nitrogens is 1. The number of ether oxygens (including phenoxy) is 1. The zero-order valence-corrected chi connectivity index (χ0v) is 14.9. The van der Waals surface area contributed by atoms with E-state index in [-0.39, 0.29) is 17.8 Å². The lowest BCUT2D eigenvalue weighted by Gasteiger charge is -2.25. The van der Waals surface area contributed by atoms with Crippen LogP contribution in [0.4, 0.5) is 0 Å². The molecule has 0 saturated carbocycles. The van der Waals surface area contributed by atoms with Crippen molar-refractivity contribution in [2.45, 2.75) is 33.1 Å². The highest BCUT2D eigenvalue weighted by Crippen LogP contribution is 2.14. The Balaban J connectivity index is 2.83. The van der Waals surface area contributed by atoms with Gasteiger partial charge in [-0.05, 0) is 28.4 Å². The first-order valence-corrected chi connectivity index (χ1v) is 8.26. The third kappa shape index (κ3) is 5.75. The van der Waals surface area contributed by atoms with Gasteiger partial charge in [-0.3, -0.25) is 14.6 Å². The molecule has 0 saturated heterocycles. The molecule has 0 N–H and O–H groups in total. The van der Waals surface area contributed by atoms with Crippen LogP contribution in [-0.4, -0.2) is 42.0 Å². The topological polar surface area (TPSA) is 59.5 Å². The minimum Gasteiger partial charge on any atom is -0.469 e. The van der Waals surface area contributed by atoms with Gasteiger partial charge < -0.3 is 9.64 Å². The summed E-state index contributed by atoms with van der Waals surface area (Å²) >= 11 is 3.32. The molecule has 0 radical (unpaired) electrons. The molecule has 0 aliphatic rings. The van der Waals surface area contributed by atoms with Crippen LogP contribution in [0.2, 0.25) is 0 Å². The van der Waals surface area contributed by atoms with E-state index in [9.17, 15) is 9.59 Å². The number of nitrogens with zero attached hydrogens (tertiary/aromatic N) is 2. The van der Waals surface area contributed by atoms with Crippen LogP contribution in [0.5, 0.6) is 0 Å². The fourth-order valence-electron chi connectivity index (χ4n) is 2.15. The summed E-state index contributed by atoms with van der Waals surface area (Å²) in [6.45, 7) is 4.86. The molecule has 1 aromatic heterocycles. The Morgan fingerprint density at radius 2 is 2.09 bits per heavy atom. The second-order valence-corrected chi connectivity index (χ2v) is 6.19. The van der Waals surface area contributed by atoms with Gasteiger partial charge in [-0.15, -0.1) is 0 Å². The van der Waals surface area contributed by atoms with Crippen molar-refractivity contribution < 1.29 is 14.3 Å². The number of unbranched alkanes of at least 4 members (excludes halogenated alkanes) is 2. The number of pyridine rings is 1. The predicted octanol–water partition coefficient (Wildman–Crippen LogP) is 3.29. The van der Waals surface area contributed by atoms with Gasteiger partial charge in [0.2, 0.25) is 0 Å². The maximum atomic E-state index is 12.7. The van der Waals surface area contributed by atoms with E-state index in [0.717, 1.165) is 23.7 Å². The van der Waals surface area contributed by atoms with Crippen molar-refractivity contribution in [2.75, 3.05) is 20.2 Å². The Labute approximate surface area is 140 Å². The van der Waals surface area contributed by atoms with Crippen molar-refractivity contribution in [3.63, 3.8) is 0 Å². The fourth-order valence-corrected chi connectivity index (χ4v) is 2.51. The van der Waals surface area contributed by atoms with Crippen molar-refractivity contribution in [2.24, 2.45) is 5.92 Å². The molecule has 122 valence electrons. The normalized spacial score (nSPS) is 11.8. The largest absolute Gasteiger partial charge is 0.469 e. The summed E-state index contributed by atoms with van der Waals surface area (Å²) in [5.41, 5.74) is 0.517. The van der Waals surface area contributed by atoms with Gasteiger partial charge in [0.15, 0.2) is 0 Å². The van der Waals surface area contributed by atoms with E-state index in [1.165, 1.54) is 7.11 Å². The Hall–Kier alpha value is -1.43. The molecule has 1 aromatic rings. The van der Waals surface area contributed by atoms with Crippen molar-refractivity contribution in [1.82, 2.24) is 9.88 Å². The van der Waals surface area contributed by atoms with Crippen LogP contribution in [0.1, 0.15) is 43.5 Å². The van der Waals surface area contributed by atoms with Gasteiger partial charge >= 0.3 is 5.97 Å². The molecule has 1 atom stereocenters. The summed E-state index contributed by atoms with van der Waals surface area (Å²) in [5.74, 6) is -0.767. The highest BCUT2D eigenvalue weighted by Gasteiger charge is 2.22. The van der Waals surface area contributed by atoms with Crippen molar-refractivity contribution in [3.05, 3.63) is 28.5 Å². The van der Waals surface area contributed by atoms with E-state index >= 15 is 0 Å². The molecule has 1 amide bonds. The van der Waals surface area contributed by atoms with Gasteiger partial charge in [0.1, 0.15) is 0 Å². The number of hydrogen-bond donors (Lipinski definition) is 0. The molecule has 6 heteroatoms. The molecule has 0 aliphatic heterocycles. The minimum atomic E-state index is -0.351. The molecule has 5 nitrogen and oxygen atoms in total. The van der Waals surface area contributed by atoms with Crippen LogP contribution < -0.4 is 0 Å². The van der Waals surface area contributed by atoms with Crippen LogP contribution >= 0.6 is 15.9 Å². The van der Waals surface area contributed by atoms with E-state index in [2.05, 4.69) is 27.8 Å². The van der Waals surface area contributed by atoms with Crippen LogP contribution in [0.3, 0.4) is 0 Å². The lowest BCUT2D eigenvalue weighted by molar-refractivity contribution is -0.145. The SMILES string of the molecule is CCCCCN(CC(C)C(=O)OC)C(=O)c1cncc(Br)c1. The predicted molar refractivity (Wildman–Crippen MR) is 88.5 cm³/mol. The number of hydrogen-bond acceptors (Lipinski definition) is 4. The molecule has 0 aliphatic carbocycles. The van der Waals surface area contributed by atoms with Crippen LogP contribution in [0.15, 0.2) is 22.9 Å². The standard InChI is InChI=1S/C16H23BrN2O3/c1-4-5-6-7-19(11-12(2)16(21)22-3)15(20)13-8-14(17)10-18-9-13/h8-10,12H,4-7,11H2,1-3H3. The monoisotopic (exact) mass is 370 g/mol. The molecule has 1 rings (SSSR count). The quantitative estimate of drug-likeness (QED) is 0.520. The number of methoxy groups -OCH3 is 1. The average molecular weight is 371 g/mol. The number of rotatable bonds is 8. The molecule has 1 unspecified atom stereocenters. The molecule has 1 heterocycles. The van der Waals surface area contributed by atoms with Crippen molar-refractivity contribution in [3.8, 4) is 0 Å². The first kappa shape index (κ1) is 18.6. The van der Waals surface area contributed by atoms with Crippen molar-refractivity contribution in [1.29, 1.82) is 0 Å². The lowest BCUT2D eigenvalue weighted by atomic mass is 10.1. The molecule has 0 spiro atoms. The van der Waals surface area contributed by atoms with Crippen LogP contribution in [0, 0.1) is 5.92 Å². The summed E-state index contributed by atoms with van der Waals surface area (Å²) in [6, 6.07) is 1.74. The minimum absolute atomic E-state index is 0.111. The maximum Gasteiger partial charge on any atom is 0.310 e. The summed E-state index contributed by atoms with van der Waals surface area (Å²) < 4.78 is 5.50. The van der Waals surface area contributed by atoms with Gasteiger partial charge in [-0.25, -0.2) is 0 Å². The van der Waals surface area contributed by atoms with E-state index in [0.29, 0.717) is 18.7 Å². The van der Waals surface area contributed by atoms with Crippen LogP contribution in [-0.2, 0) is 9.53 Å². The average Bonchev–Trinajstić information content (AvgIpc) is 2.52. The smallest absolute Gasteiger partial charge is 0.310 e. The molecule has 0 aromatic carbocycles. The number of carbonyl (C=O) groups is 2. The second-order valence-electron chi connectivity index (χ2n) is 5.27. The Bertz CT molecular complexity index is 508. The van der Waals surface area contributed by atoms with Gasteiger partial charge in [0, 0.05) is 30.0 Å².